The predicted molar refractivity (Wildman–Crippen MR) is 112 cm³/mol. The van der Waals surface area contributed by atoms with E-state index in [2.05, 4.69) is 33.7 Å². The summed E-state index contributed by atoms with van der Waals surface area (Å²) in [6, 6.07) is 18.2. The molecule has 4 aromatic rings. The van der Waals surface area contributed by atoms with Crippen molar-refractivity contribution in [2.75, 3.05) is 0 Å². The predicted octanol–water partition coefficient (Wildman–Crippen LogP) is 4.14. The van der Waals surface area contributed by atoms with Crippen molar-refractivity contribution < 1.29 is 4.79 Å². The zero-order valence-corrected chi connectivity index (χ0v) is 16.2. The molecule has 0 atom stereocenters. The van der Waals surface area contributed by atoms with Crippen LogP contribution in [0.2, 0.25) is 0 Å². The summed E-state index contributed by atoms with van der Waals surface area (Å²) in [6.07, 6.45) is 5.47. The highest BCUT2D eigenvalue weighted by atomic mass is 16.1. The van der Waals surface area contributed by atoms with Crippen LogP contribution in [-0.4, -0.2) is 25.7 Å². The lowest BCUT2D eigenvalue weighted by Crippen LogP contribution is -2.32. The first-order valence-corrected chi connectivity index (χ1v) is 10.3. The fraction of sp³-hybridized carbons (Fsp3) is 0.304. The SMILES string of the molecule is O=C(NCc1nnc2c3ccccc3c(-c3ccccc3)nn12)C1CCCCC1. The molecule has 1 amide bonds. The lowest BCUT2D eigenvalue weighted by atomic mass is 9.89. The van der Waals surface area contributed by atoms with E-state index < -0.39 is 0 Å². The van der Waals surface area contributed by atoms with Crippen LogP contribution < -0.4 is 5.32 Å². The Hall–Kier alpha value is -3.28. The van der Waals surface area contributed by atoms with E-state index in [1.165, 1.54) is 6.42 Å². The third kappa shape index (κ3) is 3.35. The Labute approximate surface area is 169 Å². The Balaban J connectivity index is 1.52. The molecule has 29 heavy (non-hydrogen) atoms. The zero-order chi connectivity index (χ0) is 19.6. The van der Waals surface area contributed by atoms with Crippen LogP contribution in [0.15, 0.2) is 54.6 Å². The monoisotopic (exact) mass is 385 g/mol. The summed E-state index contributed by atoms with van der Waals surface area (Å²) in [5, 5.41) is 18.7. The molecular weight excluding hydrogens is 362 g/mol. The van der Waals surface area contributed by atoms with E-state index in [1.807, 2.05) is 36.4 Å². The largest absolute Gasteiger partial charge is 0.348 e. The molecule has 2 heterocycles. The van der Waals surface area contributed by atoms with E-state index in [0.717, 1.165) is 47.7 Å². The smallest absolute Gasteiger partial charge is 0.223 e. The van der Waals surface area contributed by atoms with Crippen molar-refractivity contribution in [2.45, 2.75) is 38.6 Å². The Kier molecular flexibility index (Phi) is 4.68. The summed E-state index contributed by atoms with van der Waals surface area (Å²) in [7, 11) is 0. The van der Waals surface area contributed by atoms with Crippen LogP contribution in [0.3, 0.4) is 0 Å². The summed E-state index contributed by atoms with van der Waals surface area (Å²) < 4.78 is 1.77. The molecule has 1 fully saturated rings. The van der Waals surface area contributed by atoms with Crippen molar-refractivity contribution >= 4 is 22.3 Å². The minimum atomic E-state index is 0.116. The Morgan fingerprint density at radius 2 is 1.66 bits per heavy atom. The molecule has 0 bridgehead atoms. The molecule has 0 radical (unpaired) electrons. The summed E-state index contributed by atoms with van der Waals surface area (Å²) in [5.41, 5.74) is 2.63. The fourth-order valence-electron chi connectivity index (χ4n) is 4.22. The number of benzene rings is 2. The number of carbonyl (C=O) groups is 1. The molecule has 1 aliphatic carbocycles. The molecule has 2 aromatic heterocycles. The van der Waals surface area contributed by atoms with Gasteiger partial charge in [0.15, 0.2) is 11.5 Å². The quantitative estimate of drug-likeness (QED) is 0.573. The molecule has 5 rings (SSSR count). The van der Waals surface area contributed by atoms with Gasteiger partial charge in [0, 0.05) is 22.3 Å². The fourth-order valence-corrected chi connectivity index (χ4v) is 4.22. The van der Waals surface area contributed by atoms with Crippen LogP contribution in [0.4, 0.5) is 0 Å². The molecule has 6 heteroatoms. The standard InChI is InChI=1S/C23H23N5O/c29-23(17-11-5-2-6-12-17)24-15-20-25-26-22-19-14-8-7-13-18(19)21(27-28(20)22)16-9-3-1-4-10-16/h1,3-4,7-10,13-14,17H,2,5-6,11-12,15H2,(H,24,29). The van der Waals surface area contributed by atoms with Crippen molar-refractivity contribution in [3.05, 3.63) is 60.4 Å². The molecule has 1 N–H and O–H groups in total. The molecule has 0 aliphatic heterocycles. The van der Waals surface area contributed by atoms with Crippen LogP contribution in [0, 0.1) is 5.92 Å². The van der Waals surface area contributed by atoms with Gasteiger partial charge in [-0.25, -0.2) is 0 Å². The second kappa shape index (κ2) is 7.62. The van der Waals surface area contributed by atoms with Crippen LogP contribution >= 0.6 is 0 Å². The number of rotatable bonds is 4. The van der Waals surface area contributed by atoms with Crippen molar-refractivity contribution in [3.8, 4) is 11.3 Å². The van der Waals surface area contributed by atoms with E-state index in [0.29, 0.717) is 18.0 Å². The minimum Gasteiger partial charge on any atom is -0.348 e. The molecule has 1 saturated carbocycles. The maximum atomic E-state index is 12.5. The molecular formula is C23H23N5O. The highest BCUT2D eigenvalue weighted by Gasteiger charge is 2.22. The first-order chi connectivity index (χ1) is 14.3. The maximum absolute atomic E-state index is 12.5. The lowest BCUT2D eigenvalue weighted by Gasteiger charge is -2.20. The van der Waals surface area contributed by atoms with E-state index in [4.69, 9.17) is 5.10 Å². The summed E-state index contributed by atoms with van der Waals surface area (Å²) in [5.74, 6) is 0.884. The first kappa shape index (κ1) is 17.8. The average Bonchev–Trinajstić information content (AvgIpc) is 3.21. The molecule has 0 saturated heterocycles. The molecule has 146 valence electrons. The van der Waals surface area contributed by atoms with E-state index in [1.54, 1.807) is 4.52 Å². The van der Waals surface area contributed by atoms with Gasteiger partial charge in [-0.3, -0.25) is 4.79 Å². The number of fused-ring (bicyclic) bond motifs is 3. The number of hydrogen-bond donors (Lipinski definition) is 1. The molecule has 1 aliphatic rings. The van der Waals surface area contributed by atoms with Gasteiger partial charge in [0.05, 0.1) is 12.2 Å². The number of aromatic nitrogens is 4. The topological polar surface area (TPSA) is 72.2 Å². The summed E-state index contributed by atoms with van der Waals surface area (Å²) in [6.45, 7) is 0.329. The number of nitrogens with one attached hydrogen (secondary N) is 1. The average molecular weight is 385 g/mol. The van der Waals surface area contributed by atoms with Crippen LogP contribution in [0.1, 0.15) is 37.9 Å². The molecule has 2 aromatic carbocycles. The Morgan fingerprint density at radius 1 is 0.931 bits per heavy atom. The van der Waals surface area contributed by atoms with Gasteiger partial charge < -0.3 is 5.32 Å². The Morgan fingerprint density at radius 3 is 2.45 bits per heavy atom. The summed E-state index contributed by atoms with van der Waals surface area (Å²) in [4.78, 5) is 12.5. The van der Waals surface area contributed by atoms with Gasteiger partial charge >= 0.3 is 0 Å². The summed E-state index contributed by atoms with van der Waals surface area (Å²) >= 11 is 0. The van der Waals surface area contributed by atoms with Gasteiger partial charge in [0.1, 0.15) is 0 Å². The second-order valence-corrected chi connectivity index (χ2v) is 7.66. The third-order valence-electron chi connectivity index (χ3n) is 5.77. The van der Waals surface area contributed by atoms with Crippen molar-refractivity contribution in [3.63, 3.8) is 0 Å². The number of nitrogens with zero attached hydrogens (tertiary/aromatic N) is 4. The molecule has 6 nitrogen and oxygen atoms in total. The first-order valence-electron chi connectivity index (χ1n) is 10.3. The van der Waals surface area contributed by atoms with Gasteiger partial charge in [0.2, 0.25) is 5.91 Å². The van der Waals surface area contributed by atoms with Crippen LogP contribution in [0.25, 0.3) is 27.7 Å². The van der Waals surface area contributed by atoms with E-state index in [9.17, 15) is 4.79 Å². The van der Waals surface area contributed by atoms with E-state index in [-0.39, 0.29) is 11.8 Å². The van der Waals surface area contributed by atoms with E-state index >= 15 is 0 Å². The normalized spacial score (nSPS) is 15.0. The second-order valence-electron chi connectivity index (χ2n) is 7.66. The highest BCUT2D eigenvalue weighted by Crippen LogP contribution is 2.29. The van der Waals surface area contributed by atoms with Crippen LogP contribution in [0.5, 0.6) is 0 Å². The minimum absolute atomic E-state index is 0.116. The highest BCUT2D eigenvalue weighted by molar-refractivity contribution is 6.01. The van der Waals surface area contributed by atoms with Crippen molar-refractivity contribution in [1.29, 1.82) is 0 Å². The van der Waals surface area contributed by atoms with Crippen molar-refractivity contribution in [1.82, 2.24) is 25.1 Å². The van der Waals surface area contributed by atoms with Gasteiger partial charge in [-0.2, -0.15) is 9.61 Å². The van der Waals surface area contributed by atoms with Gasteiger partial charge in [-0.15, -0.1) is 10.2 Å². The van der Waals surface area contributed by atoms with Gasteiger partial charge in [0.25, 0.3) is 0 Å². The van der Waals surface area contributed by atoms with Gasteiger partial charge in [-0.1, -0.05) is 73.9 Å². The van der Waals surface area contributed by atoms with Gasteiger partial charge in [-0.05, 0) is 12.8 Å². The molecule has 0 spiro atoms. The van der Waals surface area contributed by atoms with Crippen LogP contribution in [-0.2, 0) is 11.3 Å². The number of amides is 1. The Bertz CT molecular complexity index is 1160. The molecule has 0 unspecified atom stereocenters. The number of carbonyl (C=O) groups excluding carboxylic acids is 1. The van der Waals surface area contributed by atoms with Crippen molar-refractivity contribution in [2.24, 2.45) is 5.92 Å². The maximum Gasteiger partial charge on any atom is 0.223 e. The lowest BCUT2D eigenvalue weighted by molar-refractivity contribution is -0.126. The third-order valence-corrected chi connectivity index (χ3v) is 5.77. The zero-order valence-electron chi connectivity index (χ0n) is 16.2. The number of hydrogen-bond acceptors (Lipinski definition) is 4.